The number of rotatable bonds is 10. The van der Waals surface area contributed by atoms with Crippen molar-refractivity contribution in [3.8, 4) is 22.8 Å². The third-order valence-electron chi connectivity index (χ3n) is 4.14. The fourth-order valence-corrected chi connectivity index (χ4v) is 3.50. The first-order chi connectivity index (χ1) is 14.2. The molecule has 1 amide bonds. The van der Waals surface area contributed by atoms with Crippen LogP contribution in [0.15, 0.2) is 53.9 Å². The Labute approximate surface area is 174 Å². The molecule has 7 nitrogen and oxygen atoms in total. The van der Waals surface area contributed by atoms with Crippen LogP contribution in [-0.4, -0.2) is 44.6 Å². The highest BCUT2D eigenvalue weighted by Crippen LogP contribution is 2.28. The summed E-state index contributed by atoms with van der Waals surface area (Å²) in [6.45, 7) is 5.36. The third-order valence-corrected chi connectivity index (χ3v) is 5.07. The monoisotopic (exact) mass is 411 g/mol. The van der Waals surface area contributed by atoms with Crippen molar-refractivity contribution in [2.24, 2.45) is 0 Å². The minimum Gasteiger partial charge on any atom is -0.494 e. The Morgan fingerprint density at radius 1 is 1.17 bits per heavy atom. The van der Waals surface area contributed by atoms with Gasteiger partial charge in [0.25, 0.3) is 0 Å². The molecule has 29 heavy (non-hydrogen) atoms. The van der Waals surface area contributed by atoms with Gasteiger partial charge in [-0.15, -0.1) is 10.2 Å². The van der Waals surface area contributed by atoms with E-state index in [1.807, 2.05) is 47.9 Å². The van der Waals surface area contributed by atoms with E-state index < -0.39 is 0 Å². The minimum absolute atomic E-state index is 0.00683. The van der Waals surface area contributed by atoms with Gasteiger partial charge in [0.05, 0.1) is 12.4 Å². The molecule has 2 heterocycles. The van der Waals surface area contributed by atoms with Crippen LogP contribution in [0.4, 0.5) is 0 Å². The lowest BCUT2D eigenvalue weighted by atomic mass is 10.2. The summed E-state index contributed by atoms with van der Waals surface area (Å²) in [6, 6.07) is 11.5. The van der Waals surface area contributed by atoms with E-state index in [9.17, 15) is 4.79 Å². The van der Waals surface area contributed by atoms with Crippen LogP contribution in [0, 0.1) is 0 Å². The molecule has 152 valence electrons. The Balaban J connectivity index is 1.86. The second-order valence-corrected chi connectivity index (χ2v) is 7.24. The van der Waals surface area contributed by atoms with E-state index in [1.165, 1.54) is 11.8 Å². The van der Waals surface area contributed by atoms with Gasteiger partial charge >= 0.3 is 0 Å². The van der Waals surface area contributed by atoms with Crippen LogP contribution in [0.25, 0.3) is 17.1 Å². The molecule has 3 aromatic rings. The van der Waals surface area contributed by atoms with E-state index in [-0.39, 0.29) is 11.7 Å². The number of pyridine rings is 1. The Morgan fingerprint density at radius 2 is 2.00 bits per heavy atom. The minimum atomic E-state index is -0.00683. The number of thioether (sulfide) groups is 1. The molecular formula is C21H25N5O2S. The van der Waals surface area contributed by atoms with E-state index in [4.69, 9.17) is 4.74 Å². The molecular weight excluding hydrogens is 386 g/mol. The van der Waals surface area contributed by atoms with Crippen molar-refractivity contribution in [3.05, 3.63) is 48.8 Å². The number of nitrogens with zero attached hydrogens (tertiary/aromatic N) is 4. The Kier molecular flexibility index (Phi) is 7.63. The molecule has 0 radical (unpaired) electrons. The molecule has 0 bridgehead atoms. The molecule has 0 spiro atoms. The van der Waals surface area contributed by atoms with Crippen molar-refractivity contribution >= 4 is 17.7 Å². The van der Waals surface area contributed by atoms with Gasteiger partial charge in [0, 0.05) is 30.2 Å². The third kappa shape index (κ3) is 5.57. The maximum absolute atomic E-state index is 12.1. The lowest BCUT2D eigenvalue weighted by Gasteiger charge is -2.11. The first kappa shape index (κ1) is 20.9. The Hall–Kier alpha value is -2.87. The molecule has 0 saturated heterocycles. The van der Waals surface area contributed by atoms with Crippen LogP contribution >= 0.6 is 11.8 Å². The predicted molar refractivity (Wildman–Crippen MR) is 114 cm³/mol. The highest BCUT2D eigenvalue weighted by atomic mass is 32.2. The summed E-state index contributed by atoms with van der Waals surface area (Å²) in [5.74, 6) is 1.76. The second-order valence-electron chi connectivity index (χ2n) is 6.30. The summed E-state index contributed by atoms with van der Waals surface area (Å²) in [5.41, 5.74) is 1.75. The number of unbranched alkanes of at least 4 members (excludes halogenated alkanes) is 1. The van der Waals surface area contributed by atoms with Crippen molar-refractivity contribution in [1.29, 1.82) is 0 Å². The van der Waals surface area contributed by atoms with Gasteiger partial charge in [-0.2, -0.15) is 0 Å². The standard InChI is InChI=1S/C21H25N5O2S/c1-3-5-13-23-19(27)15-29-21-25-24-20(16-7-6-12-22-14-16)26(21)17-8-10-18(11-9-17)28-4-2/h6-12,14H,3-5,13,15H2,1-2H3,(H,23,27). The maximum Gasteiger partial charge on any atom is 0.230 e. The van der Waals surface area contributed by atoms with Crippen molar-refractivity contribution < 1.29 is 9.53 Å². The topological polar surface area (TPSA) is 81.9 Å². The Bertz CT molecular complexity index is 913. The fraction of sp³-hybridized carbons (Fsp3) is 0.333. The van der Waals surface area contributed by atoms with Gasteiger partial charge in [0.1, 0.15) is 5.75 Å². The average molecular weight is 412 g/mol. The number of hydrogen-bond donors (Lipinski definition) is 1. The summed E-state index contributed by atoms with van der Waals surface area (Å²) in [4.78, 5) is 16.3. The zero-order valence-corrected chi connectivity index (χ0v) is 17.5. The number of aromatic nitrogens is 4. The lowest BCUT2D eigenvalue weighted by molar-refractivity contribution is -0.118. The van der Waals surface area contributed by atoms with Crippen LogP contribution in [-0.2, 0) is 4.79 Å². The second kappa shape index (κ2) is 10.6. The largest absolute Gasteiger partial charge is 0.494 e. The Morgan fingerprint density at radius 3 is 2.69 bits per heavy atom. The van der Waals surface area contributed by atoms with Crippen LogP contribution < -0.4 is 10.1 Å². The smallest absolute Gasteiger partial charge is 0.230 e. The van der Waals surface area contributed by atoms with Crippen LogP contribution in [0.2, 0.25) is 0 Å². The number of carbonyl (C=O) groups is 1. The van der Waals surface area contributed by atoms with E-state index in [0.717, 1.165) is 29.8 Å². The fourth-order valence-electron chi connectivity index (χ4n) is 2.72. The molecule has 2 aromatic heterocycles. The summed E-state index contributed by atoms with van der Waals surface area (Å²) in [7, 11) is 0. The van der Waals surface area contributed by atoms with Gasteiger partial charge < -0.3 is 10.1 Å². The molecule has 0 aliphatic heterocycles. The van der Waals surface area contributed by atoms with E-state index in [1.54, 1.807) is 12.4 Å². The first-order valence-electron chi connectivity index (χ1n) is 9.71. The zero-order chi connectivity index (χ0) is 20.5. The lowest BCUT2D eigenvalue weighted by Crippen LogP contribution is -2.26. The van der Waals surface area contributed by atoms with Gasteiger partial charge in [-0.25, -0.2) is 0 Å². The summed E-state index contributed by atoms with van der Waals surface area (Å²) < 4.78 is 7.48. The molecule has 0 saturated carbocycles. The molecule has 0 fully saturated rings. The molecule has 0 unspecified atom stereocenters. The molecule has 8 heteroatoms. The number of hydrogen-bond acceptors (Lipinski definition) is 6. The van der Waals surface area contributed by atoms with Crippen molar-refractivity contribution in [3.63, 3.8) is 0 Å². The van der Waals surface area contributed by atoms with Crippen LogP contribution in [0.1, 0.15) is 26.7 Å². The average Bonchev–Trinajstić information content (AvgIpc) is 3.18. The molecule has 0 aliphatic rings. The maximum atomic E-state index is 12.1. The van der Waals surface area contributed by atoms with Crippen LogP contribution in [0.5, 0.6) is 5.75 Å². The molecule has 0 atom stereocenters. The van der Waals surface area contributed by atoms with E-state index in [0.29, 0.717) is 24.1 Å². The van der Waals surface area contributed by atoms with Crippen molar-refractivity contribution in [2.45, 2.75) is 31.8 Å². The molecule has 0 aliphatic carbocycles. The van der Waals surface area contributed by atoms with Gasteiger partial charge in [-0.05, 0) is 49.7 Å². The zero-order valence-electron chi connectivity index (χ0n) is 16.7. The highest BCUT2D eigenvalue weighted by molar-refractivity contribution is 7.99. The van der Waals surface area contributed by atoms with Gasteiger partial charge in [-0.3, -0.25) is 14.3 Å². The van der Waals surface area contributed by atoms with Gasteiger partial charge in [0.15, 0.2) is 11.0 Å². The number of benzene rings is 1. The highest BCUT2D eigenvalue weighted by Gasteiger charge is 2.17. The quantitative estimate of drug-likeness (QED) is 0.404. The molecule has 1 N–H and O–H groups in total. The normalized spacial score (nSPS) is 10.7. The van der Waals surface area contributed by atoms with Crippen molar-refractivity contribution in [2.75, 3.05) is 18.9 Å². The number of ether oxygens (including phenoxy) is 1. The van der Waals surface area contributed by atoms with Gasteiger partial charge in [-0.1, -0.05) is 25.1 Å². The van der Waals surface area contributed by atoms with E-state index in [2.05, 4.69) is 27.4 Å². The summed E-state index contributed by atoms with van der Waals surface area (Å²) in [6.07, 6.45) is 5.50. The van der Waals surface area contributed by atoms with E-state index >= 15 is 0 Å². The SMILES string of the molecule is CCCCNC(=O)CSc1nnc(-c2cccnc2)n1-c1ccc(OCC)cc1. The van der Waals surface area contributed by atoms with Crippen LogP contribution in [0.3, 0.4) is 0 Å². The molecule has 3 rings (SSSR count). The molecule has 1 aromatic carbocycles. The predicted octanol–water partition coefficient (Wildman–Crippen LogP) is 3.74. The first-order valence-corrected chi connectivity index (χ1v) is 10.7. The number of amides is 1. The summed E-state index contributed by atoms with van der Waals surface area (Å²) >= 11 is 1.36. The number of nitrogens with one attached hydrogen (secondary N) is 1. The van der Waals surface area contributed by atoms with Crippen molar-refractivity contribution in [1.82, 2.24) is 25.1 Å². The van der Waals surface area contributed by atoms with Gasteiger partial charge in [0.2, 0.25) is 5.91 Å². The number of carbonyl (C=O) groups excluding carboxylic acids is 1. The summed E-state index contributed by atoms with van der Waals surface area (Å²) in [5, 5.41) is 12.3.